The van der Waals surface area contributed by atoms with Crippen LogP contribution in [0, 0.1) is 5.41 Å². The number of likely N-dealkylation sites (tertiary alicyclic amines) is 2. The molecule has 8 heteroatoms. The monoisotopic (exact) mass is 543 g/mol. The predicted molar refractivity (Wildman–Crippen MR) is 154 cm³/mol. The molecule has 0 aliphatic carbocycles. The maximum absolute atomic E-state index is 13.7. The van der Waals surface area contributed by atoms with E-state index in [-0.39, 0.29) is 30.1 Å². The Morgan fingerprint density at radius 1 is 1.13 bits per heavy atom. The number of hydrogen-bond acceptors (Lipinski definition) is 5. The van der Waals surface area contributed by atoms with E-state index in [9.17, 15) is 9.59 Å². The van der Waals surface area contributed by atoms with Crippen LogP contribution in [0.2, 0.25) is 0 Å². The van der Waals surface area contributed by atoms with Crippen molar-refractivity contribution in [3.8, 4) is 11.5 Å². The molecular weight excluding hydrogens is 492 g/mol. The normalized spacial score (nSPS) is 22.6. The predicted octanol–water partition coefficient (Wildman–Crippen LogP) is 3.95. The van der Waals surface area contributed by atoms with Gasteiger partial charge in [-0.05, 0) is 48.3 Å². The largest absolute Gasteiger partial charge is 0.454 e. The lowest BCUT2D eigenvalue weighted by Crippen LogP contribution is -2.45. The first-order valence-corrected chi connectivity index (χ1v) is 14.9. The number of hydrogen-bond donors (Lipinski definition) is 0. The van der Waals surface area contributed by atoms with Gasteiger partial charge in [-0.1, -0.05) is 33.3 Å². The molecule has 3 heterocycles. The summed E-state index contributed by atoms with van der Waals surface area (Å²) in [6.07, 6.45) is 5.62. The van der Waals surface area contributed by atoms with Crippen molar-refractivity contribution in [2.45, 2.75) is 71.3 Å². The Balaban J connectivity index is 1.44. The maximum Gasteiger partial charge on any atom is 0.236 e. The summed E-state index contributed by atoms with van der Waals surface area (Å²) in [5, 5.41) is 0. The molecule has 0 bridgehead atoms. The summed E-state index contributed by atoms with van der Waals surface area (Å²) in [6.45, 7) is 12.4. The first kappa shape index (κ1) is 29.7. The number of unbranched alkanes of at least 4 members (excludes halogenated alkanes) is 1. The second kappa shape index (κ2) is 12.5. The second-order valence-corrected chi connectivity index (χ2v) is 13.7. The van der Waals surface area contributed by atoms with E-state index in [2.05, 4.69) is 63.8 Å². The molecule has 8 nitrogen and oxygen atoms in total. The van der Waals surface area contributed by atoms with Gasteiger partial charge in [-0.25, -0.2) is 0 Å². The van der Waals surface area contributed by atoms with Crippen LogP contribution in [-0.2, 0) is 9.59 Å². The fourth-order valence-electron chi connectivity index (χ4n) is 6.30. The summed E-state index contributed by atoms with van der Waals surface area (Å²) in [5.74, 6) is 2.43. The fraction of sp³-hybridized carbons (Fsp3) is 0.742. The Bertz CT molecular complexity index is 1000. The summed E-state index contributed by atoms with van der Waals surface area (Å²) < 4.78 is 12.1. The quantitative estimate of drug-likeness (QED) is 0.353. The molecule has 3 aliphatic rings. The van der Waals surface area contributed by atoms with Crippen LogP contribution in [0.15, 0.2) is 18.2 Å². The van der Waals surface area contributed by atoms with Crippen LogP contribution in [0.3, 0.4) is 0 Å². The molecule has 1 aromatic carbocycles. The first-order chi connectivity index (χ1) is 18.4. The highest BCUT2D eigenvalue weighted by Crippen LogP contribution is 2.39. The molecule has 0 unspecified atom stereocenters. The summed E-state index contributed by atoms with van der Waals surface area (Å²) in [4.78, 5) is 32.8. The van der Waals surface area contributed by atoms with Gasteiger partial charge in [0.2, 0.25) is 18.6 Å². The van der Waals surface area contributed by atoms with Gasteiger partial charge in [0.05, 0.1) is 34.2 Å². The molecule has 0 N–H and O–H groups in total. The highest BCUT2D eigenvalue weighted by Gasteiger charge is 2.38. The molecule has 2 fully saturated rings. The molecule has 4 rings (SSSR count). The van der Waals surface area contributed by atoms with Gasteiger partial charge in [-0.2, -0.15) is 0 Å². The Morgan fingerprint density at radius 3 is 2.56 bits per heavy atom. The molecule has 0 radical (unpaired) electrons. The Hall–Kier alpha value is -2.32. The molecular formula is C31H51N4O4+. The van der Waals surface area contributed by atoms with Crippen molar-refractivity contribution >= 4 is 11.8 Å². The van der Waals surface area contributed by atoms with E-state index in [1.54, 1.807) is 0 Å². The standard InChI is InChI=1S/C31H51N4O4/c1-7-8-13-32(14-9-16-35(4,5)6)30(37)21-34-20-25(24-10-11-27-28(18-24)39-23-38-27)17-26(34)12-15-33-22-31(2,3)19-29(33)36/h10-11,18,25-26H,7-9,12-17,19-23H2,1-6H3/q+1/t25-,26+/m1/s1. The van der Waals surface area contributed by atoms with Gasteiger partial charge in [-0.3, -0.25) is 14.5 Å². The van der Waals surface area contributed by atoms with Crippen molar-refractivity contribution in [3.05, 3.63) is 23.8 Å². The van der Waals surface area contributed by atoms with Crippen molar-refractivity contribution < 1.29 is 23.5 Å². The second-order valence-electron chi connectivity index (χ2n) is 13.7. The highest BCUT2D eigenvalue weighted by atomic mass is 16.7. The summed E-state index contributed by atoms with van der Waals surface area (Å²) in [5.41, 5.74) is 1.28. The van der Waals surface area contributed by atoms with E-state index >= 15 is 0 Å². The number of fused-ring (bicyclic) bond motifs is 1. The molecule has 2 saturated heterocycles. The fourth-order valence-corrected chi connectivity index (χ4v) is 6.30. The number of quaternary nitrogens is 1. The van der Waals surface area contributed by atoms with E-state index in [1.807, 2.05) is 11.0 Å². The van der Waals surface area contributed by atoms with Crippen molar-refractivity contribution in [1.82, 2.24) is 14.7 Å². The number of ether oxygens (including phenoxy) is 2. The van der Waals surface area contributed by atoms with Crippen LogP contribution in [-0.4, -0.2) is 111 Å². The van der Waals surface area contributed by atoms with Crippen molar-refractivity contribution in [1.29, 1.82) is 0 Å². The molecule has 0 spiro atoms. The van der Waals surface area contributed by atoms with Crippen molar-refractivity contribution in [2.75, 3.05) is 73.7 Å². The Labute approximate surface area is 235 Å². The summed E-state index contributed by atoms with van der Waals surface area (Å²) in [6, 6.07) is 6.53. The van der Waals surface area contributed by atoms with Gasteiger partial charge >= 0.3 is 0 Å². The SMILES string of the molecule is CCCCN(CCC[N+](C)(C)C)C(=O)CN1C[C@H](c2ccc3c(c2)OCO3)C[C@@H]1CCN1CC(C)(C)CC1=O. The molecule has 1 aromatic rings. The van der Waals surface area contributed by atoms with E-state index in [1.165, 1.54) is 5.56 Å². The maximum atomic E-state index is 13.7. The molecule has 0 aromatic heterocycles. The lowest BCUT2D eigenvalue weighted by Gasteiger charge is -2.30. The lowest BCUT2D eigenvalue weighted by atomic mass is 9.93. The van der Waals surface area contributed by atoms with Gasteiger partial charge in [0, 0.05) is 51.6 Å². The zero-order chi connectivity index (χ0) is 28.2. The average Bonchev–Trinajstić information content (AvgIpc) is 3.55. The van der Waals surface area contributed by atoms with Gasteiger partial charge in [0.25, 0.3) is 0 Å². The average molecular weight is 544 g/mol. The van der Waals surface area contributed by atoms with E-state index < -0.39 is 0 Å². The van der Waals surface area contributed by atoms with Crippen LogP contribution in [0.4, 0.5) is 0 Å². The Kier molecular flexibility index (Phi) is 9.48. The molecule has 218 valence electrons. The number of carbonyl (C=O) groups excluding carboxylic acids is 2. The number of benzene rings is 1. The summed E-state index contributed by atoms with van der Waals surface area (Å²) >= 11 is 0. The molecule has 2 amide bonds. The van der Waals surface area contributed by atoms with E-state index in [0.717, 1.165) is 87.4 Å². The van der Waals surface area contributed by atoms with Gasteiger partial charge in [0.1, 0.15) is 0 Å². The van der Waals surface area contributed by atoms with Gasteiger partial charge < -0.3 is 23.8 Å². The Morgan fingerprint density at radius 2 is 1.87 bits per heavy atom. The van der Waals surface area contributed by atoms with Crippen molar-refractivity contribution in [2.24, 2.45) is 5.41 Å². The van der Waals surface area contributed by atoms with Gasteiger partial charge in [0.15, 0.2) is 11.5 Å². The van der Waals surface area contributed by atoms with E-state index in [0.29, 0.717) is 18.9 Å². The van der Waals surface area contributed by atoms with Crippen LogP contribution < -0.4 is 9.47 Å². The molecule has 0 saturated carbocycles. The number of nitrogens with zero attached hydrogens (tertiary/aromatic N) is 4. The zero-order valence-electron chi connectivity index (χ0n) is 25.2. The third kappa shape index (κ3) is 8.10. The zero-order valence-corrected chi connectivity index (χ0v) is 25.2. The molecule has 39 heavy (non-hydrogen) atoms. The minimum atomic E-state index is 0.0446. The minimum absolute atomic E-state index is 0.0446. The lowest BCUT2D eigenvalue weighted by molar-refractivity contribution is -0.870. The van der Waals surface area contributed by atoms with Crippen LogP contribution in [0.25, 0.3) is 0 Å². The highest BCUT2D eigenvalue weighted by molar-refractivity contribution is 5.79. The minimum Gasteiger partial charge on any atom is -0.454 e. The first-order valence-electron chi connectivity index (χ1n) is 14.9. The number of amides is 2. The molecule has 3 aliphatic heterocycles. The smallest absolute Gasteiger partial charge is 0.236 e. The van der Waals surface area contributed by atoms with E-state index in [4.69, 9.17) is 9.47 Å². The van der Waals surface area contributed by atoms with Crippen molar-refractivity contribution in [3.63, 3.8) is 0 Å². The third-order valence-corrected chi connectivity index (χ3v) is 8.46. The van der Waals surface area contributed by atoms with Crippen LogP contribution >= 0.6 is 0 Å². The summed E-state index contributed by atoms with van der Waals surface area (Å²) in [7, 11) is 6.61. The third-order valence-electron chi connectivity index (χ3n) is 8.46. The van der Waals surface area contributed by atoms with Gasteiger partial charge in [-0.15, -0.1) is 0 Å². The number of rotatable bonds is 13. The van der Waals surface area contributed by atoms with Crippen LogP contribution in [0.1, 0.15) is 70.8 Å². The molecule has 2 atom stereocenters. The van der Waals surface area contributed by atoms with Crippen LogP contribution in [0.5, 0.6) is 11.5 Å². The number of carbonyl (C=O) groups is 2. The topological polar surface area (TPSA) is 62.3 Å².